The van der Waals surface area contributed by atoms with Gasteiger partial charge in [0.1, 0.15) is 5.82 Å². The van der Waals surface area contributed by atoms with Gasteiger partial charge in [0, 0.05) is 6.07 Å². The van der Waals surface area contributed by atoms with E-state index in [9.17, 15) is 8.78 Å². The van der Waals surface area contributed by atoms with E-state index in [4.69, 9.17) is 4.74 Å². The lowest BCUT2D eigenvalue weighted by Gasteiger charge is -2.13. The summed E-state index contributed by atoms with van der Waals surface area (Å²) in [6, 6.07) is 3.42. The lowest BCUT2D eigenvalue weighted by Crippen LogP contribution is -2.11. The summed E-state index contributed by atoms with van der Waals surface area (Å²) in [5.41, 5.74) is 0. The first-order valence-corrected chi connectivity index (χ1v) is 4.87. The van der Waals surface area contributed by atoms with Crippen molar-refractivity contribution >= 4 is 0 Å². The van der Waals surface area contributed by atoms with Crippen molar-refractivity contribution in [1.29, 1.82) is 0 Å². The molecule has 0 saturated heterocycles. The van der Waals surface area contributed by atoms with Crippen LogP contribution in [0, 0.1) is 11.6 Å². The molecule has 0 aliphatic heterocycles. The molecule has 0 heterocycles. The summed E-state index contributed by atoms with van der Waals surface area (Å²) in [5.74, 6) is -1.02. The molecular weight excluding hydrogens is 186 g/mol. The molecule has 0 atom stereocenters. The molecule has 1 fully saturated rings. The third-order valence-corrected chi connectivity index (χ3v) is 2.49. The molecular formula is C11H12F2O. The Bertz CT molecular complexity index is 319. The number of ether oxygens (including phenoxy) is 1. The monoisotopic (exact) mass is 198 g/mol. The molecule has 1 aliphatic rings. The van der Waals surface area contributed by atoms with Gasteiger partial charge >= 0.3 is 0 Å². The maximum absolute atomic E-state index is 13.1. The first-order chi connectivity index (χ1) is 6.75. The van der Waals surface area contributed by atoms with Gasteiger partial charge in [0.25, 0.3) is 0 Å². The summed E-state index contributed by atoms with van der Waals surface area (Å²) in [5, 5.41) is 0. The van der Waals surface area contributed by atoms with Crippen LogP contribution < -0.4 is 4.74 Å². The average Bonchev–Trinajstić information content (AvgIpc) is 2.62. The first kappa shape index (κ1) is 9.44. The van der Waals surface area contributed by atoms with Gasteiger partial charge in [-0.2, -0.15) is 0 Å². The topological polar surface area (TPSA) is 9.23 Å². The molecule has 0 spiro atoms. The summed E-state index contributed by atoms with van der Waals surface area (Å²) in [7, 11) is 0. The maximum Gasteiger partial charge on any atom is 0.167 e. The highest BCUT2D eigenvalue weighted by Crippen LogP contribution is 2.26. The summed E-state index contributed by atoms with van der Waals surface area (Å²) in [6.07, 6.45) is 4.31. The molecule has 3 heteroatoms. The third kappa shape index (κ3) is 2.03. The molecule has 0 aromatic heterocycles. The Morgan fingerprint density at radius 3 is 2.50 bits per heavy atom. The van der Waals surface area contributed by atoms with E-state index in [1.54, 1.807) is 0 Å². The standard InChI is InChI=1S/C11H12F2O/c12-8-5-6-11(10(13)7-8)14-9-3-1-2-4-9/h5-7,9H,1-4H2. The van der Waals surface area contributed by atoms with Crippen molar-refractivity contribution in [2.24, 2.45) is 0 Å². The highest BCUT2D eigenvalue weighted by Gasteiger charge is 2.18. The van der Waals surface area contributed by atoms with E-state index in [2.05, 4.69) is 0 Å². The fourth-order valence-electron chi connectivity index (χ4n) is 1.76. The number of hydrogen-bond acceptors (Lipinski definition) is 1. The predicted octanol–water partition coefficient (Wildman–Crippen LogP) is 3.29. The summed E-state index contributed by atoms with van der Waals surface area (Å²) in [4.78, 5) is 0. The largest absolute Gasteiger partial charge is 0.487 e. The van der Waals surface area contributed by atoms with Gasteiger partial charge < -0.3 is 4.74 Å². The minimum absolute atomic E-state index is 0.106. The molecule has 14 heavy (non-hydrogen) atoms. The Morgan fingerprint density at radius 1 is 1.14 bits per heavy atom. The van der Waals surface area contributed by atoms with E-state index >= 15 is 0 Å². The average molecular weight is 198 g/mol. The second-order valence-electron chi connectivity index (χ2n) is 3.60. The molecule has 1 nitrogen and oxygen atoms in total. The Balaban J connectivity index is 2.08. The molecule has 76 valence electrons. The van der Waals surface area contributed by atoms with E-state index < -0.39 is 11.6 Å². The van der Waals surface area contributed by atoms with E-state index in [1.165, 1.54) is 12.1 Å². The van der Waals surface area contributed by atoms with Crippen molar-refractivity contribution in [2.75, 3.05) is 0 Å². The van der Waals surface area contributed by atoms with Gasteiger partial charge in [-0.25, -0.2) is 8.78 Å². The number of benzene rings is 1. The van der Waals surface area contributed by atoms with Crippen molar-refractivity contribution in [3.05, 3.63) is 29.8 Å². The van der Waals surface area contributed by atoms with Gasteiger partial charge in [0.05, 0.1) is 6.10 Å². The highest BCUT2D eigenvalue weighted by atomic mass is 19.1. The lowest BCUT2D eigenvalue weighted by atomic mass is 10.3. The SMILES string of the molecule is Fc1ccc(OC2CCCC2)c(F)c1. The van der Waals surface area contributed by atoms with Crippen LogP contribution in [0.1, 0.15) is 25.7 Å². The second kappa shape index (κ2) is 3.95. The van der Waals surface area contributed by atoms with Gasteiger partial charge in [-0.05, 0) is 37.8 Å². The maximum atomic E-state index is 13.1. The van der Waals surface area contributed by atoms with E-state index in [-0.39, 0.29) is 11.9 Å². The summed E-state index contributed by atoms with van der Waals surface area (Å²) in [6.45, 7) is 0. The van der Waals surface area contributed by atoms with E-state index in [1.807, 2.05) is 0 Å². The Labute approximate surface area is 81.7 Å². The van der Waals surface area contributed by atoms with Crippen LogP contribution in [0.15, 0.2) is 18.2 Å². The number of hydrogen-bond donors (Lipinski definition) is 0. The van der Waals surface area contributed by atoms with Crippen LogP contribution in [-0.2, 0) is 0 Å². The van der Waals surface area contributed by atoms with Crippen molar-refractivity contribution in [2.45, 2.75) is 31.8 Å². The normalized spacial score (nSPS) is 17.3. The molecule has 0 unspecified atom stereocenters. The second-order valence-corrected chi connectivity index (χ2v) is 3.60. The van der Waals surface area contributed by atoms with Gasteiger partial charge in [0.15, 0.2) is 11.6 Å². The molecule has 0 N–H and O–H groups in total. The third-order valence-electron chi connectivity index (χ3n) is 2.49. The Hall–Kier alpha value is -1.12. The van der Waals surface area contributed by atoms with Crippen LogP contribution in [-0.4, -0.2) is 6.10 Å². The zero-order chi connectivity index (χ0) is 9.97. The zero-order valence-electron chi connectivity index (χ0n) is 7.80. The van der Waals surface area contributed by atoms with Crippen molar-refractivity contribution in [3.8, 4) is 5.75 Å². The van der Waals surface area contributed by atoms with Gasteiger partial charge in [0.2, 0.25) is 0 Å². The lowest BCUT2D eigenvalue weighted by molar-refractivity contribution is 0.200. The molecule has 0 amide bonds. The number of rotatable bonds is 2. The van der Waals surface area contributed by atoms with Crippen LogP contribution in [0.25, 0.3) is 0 Å². The number of halogens is 2. The smallest absolute Gasteiger partial charge is 0.167 e. The minimum Gasteiger partial charge on any atom is -0.487 e. The van der Waals surface area contributed by atoms with E-state index in [0.717, 1.165) is 31.7 Å². The highest BCUT2D eigenvalue weighted by molar-refractivity contribution is 5.24. The van der Waals surface area contributed by atoms with Gasteiger partial charge in [-0.3, -0.25) is 0 Å². The van der Waals surface area contributed by atoms with Crippen molar-refractivity contribution in [3.63, 3.8) is 0 Å². The fraction of sp³-hybridized carbons (Fsp3) is 0.455. The van der Waals surface area contributed by atoms with Crippen LogP contribution in [0.3, 0.4) is 0 Å². The quantitative estimate of drug-likeness (QED) is 0.708. The predicted molar refractivity (Wildman–Crippen MR) is 49.2 cm³/mol. The van der Waals surface area contributed by atoms with Crippen LogP contribution in [0.4, 0.5) is 8.78 Å². The van der Waals surface area contributed by atoms with Crippen molar-refractivity contribution < 1.29 is 13.5 Å². The molecule has 2 rings (SSSR count). The Kier molecular flexibility index (Phi) is 2.66. The molecule has 1 aromatic rings. The summed E-state index contributed by atoms with van der Waals surface area (Å²) < 4.78 is 31.1. The minimum atomic E-state index is -0.614. The van der Waals surface area contributed by atoms with Gasteiger partial charge in [-0.15, -0.1) is 0 Å². The molecule has 1 aromatic carbocycles. The first-order valence-electron chi connectivity index (χ1n) is 4.87. The van der Waals surface area contributed by atoms with Gasteiger partial charge in [-0.1, -0.05) is 0 Å². The van der Waals surface area contributed by atoms with Crippen LogP contribution >= 0.6 is 0 Å². The van der Waals surface area contributed by atoms with Crippen LogP contribution in [0.2, 0.25) is 0 Å². The summed E-state index contributed by atoms with van der Waals surface area (Å²) >= 11 is 0. The molecule has 1 aliphatic carbocycles. The fourth-order valence-corrected chi connectivity index (χ4v) is 1.76. The molecule has 0 bridgehead atoms. The van der Waals surface area contributed by atoms with Crippen molar-refractivity contribution in [1.82, 2.24) is 0 Å². The zero-order valence-corrected chi connectivity index (χ0v) is 7.80. The molecule has 1 saturated carbocycles. The van der Waals surface area contributed by atoms with E-state index in [0.29, 0.717) is 0 Å². The van der Waals surface area contributed by atoms with Crippen LogP contribution in [0.5, 0.6) is 5.75 Å². The molecule has 0 radical (unpaired) electrons. The Morgan fingerprint density at radius 2 is 1.86 bits per heavy atom.